The number of rotatable bonds is 7. The molecule has 4 nitrogen and oxygen atoms in total. The van der Waals surface area contributed by atoms with Gasteiger partial charge in [0, 0.05) is 19.8 Å². The number of nitrogens with zero attached hydrogens (tertiary/aromatic N) is 3. The molecule has 0 aliphatic rings. The van der Waals surface area contributed by atoms with Gasteiger partial charge >= 0.3 is 0 Å². The van der Waals surface area contributed by atoms with E-state index >= 15 is 0 Å². The lowest BCUT2D eigenvalue weighted by Crippen LogP contribution is -2.19. The van der Waals surface area contributed by atoms with E-state index in [1.54, 1.807) is 0 Å². The van der Waals surface area contributed by atoms with Crippen molar-refractivity contribution >= 4 is 0 Å². The fourth-order valence-electron chi connectivity index (χ4n) is 1.61. The number of unbranched alkanes of at least 4 members (excludes halogenated alkanes) is 2. The number of aryl methyl sites for hydroxylation is 1. The van der Waals surface area contributed by atoms with Crippen LogP contribution >= 0.6 is 0 Å². The summed E-state index contributed by atoms with van der Waals surface area (Å²) in [7, 11) is 4.09. The van der Waals surface area contributed by atoms with Gasteiger partial charge in [0.15, 0.2) is 0 Å². The van der Waals surface area contributed by atoms with Crippen molar-refractivity contribution < 1.29 is 0 Å². The van der Waals surface area contributed by atoms with Gasteiger partial charge < -0.3 is 10.6 Å². The molecule has 15 heavy (non-hydrogen) atoms. The molecule has 0 saturated heterocycles. The SMILES string of the molecule is CN(CCCCCN)Cc1ccn(C)n1. The summed E-state index contributed by atoms with van der Waals surface area (Å²) in [6.45, 7) is 2.87. The maximum absolute atomic E-state index is 5.45. The van der Waals surface area contributed by atoms with Crippen molar-refractivity contribution in [2.75, 3.05) is 20.1 Å². The maximum Gasteiger partial charge on any atom is 0.0764 e. The van der Waals surface area contributed by atoms with E-state index in [4.69, 9.17) is 5.73 Å². The highest BCUT2D eigenvalue weighted by Crippen LogP contribution is 2.02. The van der Waals surface area contributed by atoms with Gasteiger partial charge in [0.05, 0.1) is 5.69 Å². The predicted molar refractivity (Wildman–Crippen MR) is 62.4 cm³/mol. The zero-order valence-corrected chi connectivity index (χ0v) is 9.82. The Kier molecular flexibility index (Phi) is 5.36. The van der Waals surface area contributed by atoms with Gasteiger partial charge in [-0.15, -0.1) is 0 Å². The van der Waals surface area contributed by atoms with Gasteiger partial charge in [-0.2, -0.15) is 5.10 Å². The fourth-order valence-corrected chi connectivity index (χ4v) is 1.61. The topological polar surface area (TPSA) is 47.1 Å². The lowest BCUT2D eigenvalue weighted by atomic mass is 10.2. The number of hydrogen-bond acceptors (Lipinski definition) is 3. The monoisotopic (exact) mass is 210 g/mol. The lowest BCUT2D eigenvalue weighted by molar-refractivity contribution is 0.313. The van der Waals surface area contributed by atoms with Crippen molar-refractivity contribution in [3.8, 4) is 0 Å². The summed E-state index contributed by atoms with van der Waals surface area (Å²) in [4.78, 5) is 2.30. The molecule has 1 heterocycles. The van der Waals surface area contributed by atoms with E-state index < -0.39 is 0 Å². The van der Waals surface area contributed by atoms with Gasteiger partial charge in [0.1, 0.15) is 0 Å². The minimum Gasteiger partial charge on any atom is -0.330 e. The first-order valence-corrected chi connectivity index (χ1v) is 5.59. The van der Waals surface area contributed by atoms with Gasteiger partial charge in [0.25, 0.3) is 0 Å². The molecule has 0 bridgehead atoms. The fraction of sp³-hybridized carbons (Fsp3) is 0.727. The van der Waals surface area contributed by atoms with Crippen LogP contribution in [0.15, 0.2) is 12.3 Å². The number of nitrogens with two attached hydrogens (primary N) is 1. The van der Waals surface area contributed by atoms with Crippen molar-refractivity contribution in [2.45, 2.75) is 25.8 Å². The van der Waals surface area contributed by atoms with Crippen LogP contribution in [0.5, 0.6) is 0 Å². The molecule has 0 aliphatic heterocycles. The third-order valence-electron chi connectivity index (χ3n) is 2.44. The first-order chi connectivity index (χ1) is 7.22. The molecule has 0 spiro atoms. The summed E-state index contributed by atoms with van der Waals surface area (Å²) in [5, 5.41) is 4.35. The Labute approximate surface area is 92.1 Å². The van der Waals surface area contributed by atoms with Gasteiger partial charge in [-0.3, -0.25) is 4.68 Å². The average molecular weight is 210 g/mol. The van der Waals surface area contributed by atoms with Gasteiger partial charge in [-0.25, -0.2) is 0 Å². The molecule has 1 aromatic rings. The van der Waals surface area contributed by atoms with Crippen molar-refractivity contribution in [1.82, 2.24) is 14.7 Å². The average Bonchev–Trinajstić information content (AvgIpc) is 2.59. The van der Waals surface area contributed by atoms with E-state index in [1.807, 2.05) is 17.9 Å². The summed E-state index contributed by atoms with van der Waals surface area (Å²) < 4.78 is 1.84. The van der Waals surface area contributed by atoms with Gasteiger partial charge in [-0.1, -0.05) is 6.42 Å². The van der Waals surface area contributed by atoms with E-state index in [-0.39, 0.29) is 0 Å². The Morgan fingerprint density at radius 3 is 2.80 bits per heavy atom. The molecule has 0 atom stereocenters. The summed E-state index contributed by atoms with van der Waals surface area (Å²) in [5.41, 5.74) is 6.58. The van der Waals surface area contributed by atoms with E-state index in [1.165, 1.54) is 12.8 Å². The quantitative estimate of drug-likeness (QED) is 0.682. The largest absolute Gasteiger partial charge is 0.330 e. The third-order valence-corrected chi connectivity index (χ3v) is 2.44. The summed E-state index contributed by atoms with van der Waals surface area (Å²) in [6.07, 6.45) is 5.57. The second-order valence-electron chi connectivity index (χ2n) is 4.07. The molecule has 86 valence electrons. The molecule has 1 rings (SSSR count). The Balaban J connectivity index is 2.15. The van der Waals surface area contributed by atoms with Crippen LogP contribution in [-0.4, -0.2) is 34.8 Å². The molecule has 0 radical (unpaired) electrons. The van der Waals surface area contributed by atoms with Crippen LogP contribution in [0, 0.1) is 0 Å². The van der Waals surface area contributed by atoms with Crippen molar-refractivity contribution in [1.29, 1.82) is 0 Å². The standard InChI is InChI=1S/C11H22N4/c1-14(8-5-3-4-7-12)10-11-6-9-15(2)13-11/h6,9H,3-5,7-8,10,12H2,1-2H3. The van der Waals surface area contributed by atoms with Crippen molar-refractivity contribution in [3.05, 3.63) is 18.0 Å². The van der Waals surface area contributed by atoms with E-state index in [2.05, 4.69) is 23.1 Å². The second-order valence-corrected chi connectivity index (χ2v) is 4.07. The van der Waals surface area contributed by atoms with E-state index in [0.29, 0.717) is 0 Å². The number of aromatic nitrogens is 2. The van der Waals surface area contributed by atoms with Crippen LogP contribution in [0.25, 0.3) is 0 Å². The summed E-state index contributed by atoms with van der Waals surface area (Å²) >= 11 is 0. The van der Waals surface area contributed by atoms with Crippen LogP contribution in [-0.2, 0) is 13.6 Å². The van der Waals surface area contributed by atoms with Gasteiger partial charge in [-0.05, 0) is 39.0 Å². The first-order valence-electron chi connectivity index (χ1n) is 5.59. The first kappa shape index (κ1) is 12.2. The highest BCUT2D eigenvalue weighted by molar-refractivity contribution is 4.97. The highest BCUT2D eigenvalue weighted by atomic mass is 15.3. The molecular weight excluding hydrogens is 188 g/mol. The molecule has 0 fully saturated rings. The molecule has 0 amide bonds. The second kappa shape index (κ2) is 6.58. The van der Waals surface area contributed by atoms with Gasteiger partial charge in [0.2, 0.25) is 0 Å². The predicted octanol–water partition coefficient (Wildman–Crippen LogP) is 0.981. The van der Waals surface area contributed by atoms with Crippen molar-refractivity contribution in [3.63, 3.8) is 0 Å². The van der Waals surface area contributed by atoms with Crippen LogP contribution in [0.2, 0.25) is 0 Å². The molecule has 1 aromatic heterocycles. The molecular formula is C11H22N4. The molecule has 0 unspecified atom stereocenters. The Morgan fingerprint density at radius 2 is 2.20 bits per heavy atom. The Hall–Kier alpha value is -0.870. The van der Waals surface area contributed by atoms with E-state index in [9.17, 15) is 0 Å². The third kappa shape index (κ3) is 4.95. The zero-order chi connectivity index (χ0) is 11.1. The van der Waals surface area contributed by atoms with E-state index in [0.717, 1.165) is 31.7 Å². The minimum absolute atomic E-state index is 0.809. The van der Waals surface area contributed by atoms with Crippen LogP contribution < -0.4 is 5.73 Å². The number of hydrogen-bond donors (Lipinski definition) is 1. The molecule has 4 heteroatoms. The normalized spacial score (nSPS) is 11.2. The Bertz CT molecular complexity index is 269. The van der Waals surface area contributed by atoms with Crippen LogP contribution in [0.3, 0.4) is 0 Å². The molecule has 0 saturated carbocycles. The maximum atomic E-state index is 5.45. The molecule has 0 aromatic carbocycles. The zero-order valence-electron chi connectivity index (χ0n) is 9.82. The lowest BCUT2D eigenvalue weighted by Gasteiger charge is -2.14. The smallest absolute Gasteiger partial charge is 0.0764 e. The van der Waals surface area contributed by atoms with Crippen LogP contribution in [0.4, 0.5) is 0 Å². The van der Waals surface area contributed by atoms with Crippen molar-refractivity contribution in [2.24, 2.45) is 12.8 Å². The molecule has 2 N–H and O–H groups in total. The highest BCUT2D eigenvalue weighted by Gasteiger charge is 2.02. The Morgan fingerprint density at radius 1 is 1.40 bits per heavy atom. The molecule has 0 aliphatic carbocycles. The van der Waals surface area contributed by atoms with Crippen LogP contribution in [0.1, 0.15) is 25.0 Å². The summed E-state index contributed by atoms with van der Waals surface area (Å²) in [6, 6.07) is 2.07. The summed E-state index contributed by atoms with van der Waals surface area (Å²) in [5.74, 6) is 0. The minimum atomic E-state index is 0.809.